The summed E-state index contributed by atoms with van der Waals surface area (Å²) in [6.07, 6.45) is 12.3. The van der Waals surface area contributed by atoms with Crippen molar-refractivity contribution in [3.05, 3.63) is 0 Å². The number of hydrogen-bond acceptors (Lipinski definition) is 2. The molecule has 0 aromatic rings. The number of carboxylic acid groups (broad SMARTS) is 1. The number of unbranched alkanes of at least 4 members (excludes halogenated alkanes) is 7. The SMILES string of the molecule is CCCCCCCCCCC(CC)CC(=O)C(=O)O.[RbH]. The molecule has 4 heteroatoms. The van der Waals surface area contributed by atoms with Crippen LogP contribution < -0.4 is 0 Å². The summed E-state index contributed by atoms with van der Waals surface area (Å²) in [5.41, 5.74) is 0. The average Bonchev–Trinajstić information content (AvgIpc) is 2.39. The summed E-state index contributed by atoms with van der Waals surface area (Å²) >= 11 is 0. The monoisotopic (exact) mass is 356 g/mol. The molecule has 3 nitrogen and oxygen atoms in total. The first-order valence-electron chi connectivity index (χ1n) is 7.87. The van der Waals surface area contributed by atoms with Crippen molar-refractivity contribution < 1.29 is 14.7 Å². The Balaban J connectivity index is 0. The number of carbonyl (C=O) groups excluding carboxylic acids is 1. The third kappa shape index (κ3) is 13.9. The fourth-order valence-electron chi connectivity index (χ4n) is 2.37. The maximum absolute atomic E-state index is 11.1. The second-order valence-electron chi connectivity index (χ2n) is 5.47. The predicted octanol–water partition coefficient (Wildman–Crippen LogP) is 3.94. The van der Waals surface area contributed by atoms with Crippen molar-refractivity contribution in [2.24, 2.45) is 5.92 Å². The fraction of sp³-hybridized carbons (Fsp3) is 0.875. The molecule has 0 amide bonds. The quantitative estimate of drug-likeness (QED) is 0.401. The number of Topliss-reactive ketones (excluding diaryl/α,β-unsaturated/α-hetero) is 1. The van der Waals surface area contributed by atoms with Gasteiger partial charge in [0.2, 0.25) is 5.78 Å². The van der Waals surface area contributed by atoms with Gasteiger partial charge in [-0.05, 0) is 5.92 Å². The molecule has 0 saturated heterocycles. The fourth-order valence-corrected chi connectivity index (χ4v) is 2.37. The molecule has 0 aliphatic heterocycles. The second kappa shape index (κ2) is 16.3. The number of carbonyl (C=O) groups is 2. The van der Waals surface area contributed by atoms with Gasteiger partial charge in [0.15, 0.2) is 0 Å². The third-order valence-electron chi connectivity index (χ3n) is 3.76. The zero-order valence-electron chi connectivity index (χ0n) is 12.6. The van der Waals surface area contributed by atoms with E-state index in [1.54, 1.807) is 0 Å². The Kier molecular flexibility index (Phi) is 18.9. The average molecular weight is 357 g/mol. The molecule has 114 valence electrons. The molecular formula is C16H31O3Rb. The Hall–Kier alpha value is 0.945. The van der Waals surface area contributed by atoms with Gasteiger partial charge >= 0.3 is 64.2 Å². The van der Waals surface area contributed by atoms with Gasteiger partial charge in [-0.1, -0.05) is 78.1 Å². The van der Waals surface area contributed by atoms with Crippen LogP contribution >= 0.6 is 0 Å². The van der Waals surface area contributed by atoms with Crippen LogP contribution in [0, 0.1) is 5.92 Å². The van der Waals surface area contributed by atoms with Gasteiger partial charge in [-0.3, -0.25) is 4.79 Å². The Morgan fingerprint density at radius 1 is 0.900 bits per heavy atom. The molecule has 0 aliphatic rings. The van der Waals surface area contributed by atoms with E-state index in [4.69, 9.17) is 5.11 Å². The molecule has 0 aromatic carbocycles. The van der Waals surface area contributed by atoms with Crippen LogP contribution in [0.25, 0.3) is 0 Å². The van der Waals surface area contributed by atoms with Crippen LogP contribution in [0.15, 0.2) is 0 Å². The van der Waals surface area contributed by atoms with Crippen molar-refractivity contribution in [3.63, 3.8) is 0 Å². The zero-order chi connectivity index (χ0) is 14.5. The van der Waals surface area contributed by atoms with Crippen LogP contribution in [-0.4, -0.2) is 75.0 Å². The normalized spacial score (nSPS) is 11.7. The molecule has 0 heterocycles. The van der Waals surface area contributed by atoms with Gasteiger partial charge in [0.05, 0.1) is 0 Å². The summed E-state index contributed by atoms with van der Waals surface area (Å²) in [6, 6.07) is 0. The number of carboxylic acids is 1. The summed E-state index contributed by atoms with van der Waals surface area (Å²) in [4.78, 5) is 21.7. The molecule has 0 radical (unpaired) electrons. The summed E-state index contributed by atoms with van der Waals surface area (Å²) in [5.74, 6) is -1.66. The van der Waals surface area contributed by atoms with Crippen LogP contribution in [0.1, 0.15) is 84.5 Å². The van der Waals surface area contributed by atoms with Crippen LogP contribution in [0.5, 0.6) is 0 Å². The molecule has 0 fully saturated rings. The first kappa shape index (κ1) is 23.2. The molecule has 0 aliphatic carbocycles. The van der Waals surface area contributed by atoms with Gasteiger partial charge in [-0.15, -0.1) is 0 Å². The minimum atomic E-state index is -1.28. The van der Waals surface area contributed by atoms with Crippen molar-refractivity contribution in [3.8, 4) is 0 Å². The van der Waals surface area contributed by atoms with Crippen molar-refractivity contribution in [2.75, 3.05) is 0 Å². The van der Waals surface area contributed by atoms with E-state index in [0.717, 1.165) is 19.3 Å². The molecule has 1 N–H and O–H groups in total. The Morgan fingerprint density at radius 2 is 1.40 bits per heavy atom. The second-order valence-corrected chi connectivity index (χ2v) is 5.47. The van der Waals surface area contributed by atoms with E-state index in [0.29, 0.717) is 0 Å². The molecule has 1 unspecified atom stereocenters. The number of aliphatic carboxylic acids is 1. The van der Waals surface area contributed by atoms with E-state index >= 15 is 0 Å². The van der Waals surface area contributed by atoms with Crippen LogP contribution in [0.3, 0.4) is 0 Å². The van der Waals surface area contributed by atoms with E-state index in [9.17, 15) is 9.59 Å². The predicted molar refractivity (Wildman–Crippen MR) is 85.4 cm³/mol. The molecule has 1 atom stereocenters. The Morgan fingerprint density at radius 3 is 1.85 bits per heavy atom. The van der Waals surface area contributed by atoms with Crippen LogP contribution in [0.2, 0.25) is 0 Å². The molecular weight excluding hydrogens is 326 g/mol. The van der Waals surface area contributed by atoms with Gasteiger partial charge in [-0.2, -0.15) is 0 Å². The first-order valence-corrected chi connectivity index (χ1v) is 7.87. The summed E-state index contributed by atoms with van der Waals surface area (Å²) in [5, 5.41) is 8.59. The molecule has 0 spiro atoms. The van der Waals surface area contributed by atoms with Crippen molar-refractivity contribution in [2.45, 2.75) is 84.5 Å². The molecule has 0 rings (SSSR count). The van der Waals surface area contributed by atoms with E-state index in [-0.39, 0.29) is 70.5 Å². The standard InChI is InChI=1S/C16H30O3.Rb.H/c1-3-5-6-7-8-9-10-11-12-14(4-2)13-15(17)16(18)19;;/h14H,3-13H2,1-2H3,(H,18,19);;. The number of ketones is 1. The number of rotatable bonds is 13. The van der Waals surface area contributed by atoms with Crippen molar-refractivity contribution in [1.29, 1.82) is 0 Å². The molecule has 0 bridgehead atoms. The summed E-state index contributed by atoms with van der Waals surface area (Å²) in [6.45, 7) is 4.26. The van der Waals surface area contributed by atoms with E-state index in [2.05, 4.69) is 6.92 Å². The Labute approximate surface area is 173 Å². The van der Waals surface area contributed by atoms with E-state index in [1.165, 1.54) is 44.9 Å². The Bertz CT molecular complexity index is 254. The maximum atomic E-state index is 11.1. The molecule has 0 aromatic heterocycles. The van der Waals surface area contributed by atoms with Crippen LogP contribution in [-0.2, 0) is 9.59 Å². The van der Waals surface area contributed by atoms with Gasteiger partial charge in [-0.25, -0.2) is 4.79 Å². The summed E-state index contributed by atoms with van der Waals surface area (Å²) < 4.78 is 0. The minimum absolute atomic E-state index is 0. The molecule has 20 heavy (non-hydrogen) atoms. The van der Waals surface area contributed by atoms with Gasteiger partial charge < -0.3 is 5.11 Å². The van der Waals surface area contributed by atoms with E-state index in [1.807, 2.05) is 6.92 Å². The third-order valence-corrected chi connectivity index (χ3v) is 3.76. The van der Waals surface area contributed by atoms with Gasteiger partial charge in [0, 0.05) is 6.42 Å². The zero-order valence-corrected chi connectivity index (χ0v) is 12.6. The van der Waals surface area contributed by atoms with Gasteiger partial charge in [0.1, 0.15) is 0 Å². The topological polar surface area (TPSA) is 54.4 Å². The van der Waals surface area contributed by atoms with Crippen molar-refractivity contribution in [1.82, 2.24) is 0 Å². The molecule has 0 saturated carbocycles. The van der Waals surface area contributed by atoms with E-state index < -0.39 is 11.8 Å². The first-order chi connectivity index (χ1) is 9.11. The van der Waals surface area contributed by atoms with Crippen molar-refractivity contribution >= 4 is 69.9 Å². The summed E-state index contributed by atoms with van der Waals surface area (Å²) in [7, 11) is 0. The van der Waals surface area contributed by atoms with Gasteiger partial charge in [0.25, 0.3) is 0 Å². The van der Waals surface area contributed by atoms with Crippen LogP contribution in [0.4, 0.5) is 0 Å². The number of hydrogen-bond donors (Lipinski definition) is 1.